The van der Waals surface area contributed by atoms with E-state index in [9.17, 15) is 4.79 Å². The van der Waals surface area contributed by atoms with E-state index in [2.05, 4.69) is 15.0 Å². The van der Waals surface area contributed by atoms with Gasteiger partial charge in [-0.2, -0.15) is 0 Å². The molecule has 0 atom stereocenters. The van der Waals surface area contributed by atoms with Gasteiger partial charge in [-0.25, -0.2) is 9.78 Å². The fourth-order valence-corrected chi connectivity index (χ4v) is 1.88. The summed E-state index contributed by atoms with van der Waals surface area (Å²) in [4.78, 5) is 15.6. The molecule has 0 aliphatic rings. The summed E-state index contributed by atoms with van der Waals surface area (Å²) in [7, 11) is 3.23. The van der Waals surface area contributed by atoms with Gasteiger partial charge in [-0.1, -0.05) is 18.2 Å². The van der Waals surface area contributed by atoms with Crippen LogP contribution in [-0.2, 0) is 17.9 Å². The summed E-state index contributed by atoms with van der Waals surface area (Å²) in [6.07, 6.45) is 0. The maximum absolute atomic E-state index is 11.4. The number of esters is 1. The number of hydrogen-bond acceptors (Lipinski definition) is 5. The molecule has 0 radical (unpaired) electrons. The zero-order valence-corrected chi connectivity index (χ0v) is 12.1. The molecule has 21 heavy (non-hydrogen) atoms. The number of pyridine rings is 1. The van der Waals surface area contributed by atoms with E-state index in [1.54, 1.807) is 12.1 Å². The predicted molar refractivity (Wildman–Crippen MR) is 79.1 cm³/mol. The van der Waals surface area contributed by atoms with Gasteiger partial charge in [-0.15, -0.1) is 0 Å². The van der Waals surface area contributed by atoms with E-state index in [0.717, 1.165) is 17.9 Å². The second kappa shape index (κ2) is 7.40. The van der Waals surface area contributed by atoms with Crippen LogP contribution in [0, 0.1) is 0 Å². The highest BCUT2D eigenvalue weighted by Crippen LogP contribution is 2.15. The van der Waals surface area contributed by atoms with Crippen molar-refractivity contribution in [3.8, 4) is 5.75 Å². The second-order valence-corrected chi connectivity index (χ2v) is 4.47. The van der Waals surface area contributed by atoms with Crippen LogP contribution in [0.2, 0.25) is 0 Å². The SMILES string of the molecule is CNCc1cccc(OCc2cccc(C(=O)OC)n2)c1. The molecule has 0 aliphatic carbocycles. The standard InChI is InChI=1S/C16H18N2O3/c1-17-10-12-5-3-7-14(9-12)21-11-13-6-4-8-15(18-13)16(19)20-2/h3-9,17H,10-11H2,1-2H3. The molecule has 2 rings (SSSR count). The van der Waals surface area contributed by atoms with Crippen molar-refractivity contribution in [2.75, 3.05) is 14.2 Å². The zero-order chi connectivity index (χ0) is 15.1. The number of nitrogens with one attached hydrogen (secondary N) is 1. The van der Waals surface area contributed by atoms with Gasteiger partial charge >= 0.3 is 5.97 Å². The normalized spacial score (nSPS) is 10.2. The Balaban J connectivity index is 2.02. The molecule has 0 aliphatic heterocycles. The average Bonchev–Trinajstić information content (AvgIpc) is 2.53. The summed E-state index contributed by atoms with van der Waals surface area (Å²) in [5, 5.41) is 3.09. The van der Waals surface area contributed by atoms with E-state index in [1.165, 1.54) is 7.11 Å². The molecule has 0 fully saturated rings. The number of ether oxygens (including phenoxy) is 2. The minimum atomic E-state index is -0.451. The van der Waals surface area contributed by atoms with E-state index < -0.39 is 5.97 Å². The molecule has 0 bridgehead atoms. The summed E-state index contributed by atoms with van der Waals surface area (Å²) in [6, 6.07) is 13.0. The van der Waals surface area contributed by atoms with E-state index in [4.69, 9.17) is 4.74 Å². The maximum Gasteiger partial charge on any atom is 0.356 e. The van der Waals surface area contributed by atoms with Crippen molar-refractivity contribution in [3.05, 3.63) is 59.4 Å². The highest BCUT2D eigenvalue weighted by atomic mass is 16.5. The molecule has 0 saturated carbocycles. The third-order valence-corrected chi connectivity index (χ3v) is 2.87. The van der Waals surface area contributed by atoms with Crippen LogP contribution >= 0.6 is 0 Å². The molecule has 2 aromatic rings. The van der Waals surface area contributed by atoms with E-state index in [-0.39, 0.29) is 5.69 Å². The number of aromatic nitrogens is 1. The minimum Gasteiger partial charge on any atom is -0.487 e. The summed E-state index contributed by atoms with van der Waals surface area (Å²) in [5.74, 6) is 0.320. The zero-order valence-electron chi connectivity index (χ0n) is 12.1. The van der Waals surface area contributed by atoms with Crippen LogP contribution < -0.4 is 10.1 Å². The highest BCUT2D eigenvalue weighted by Gasteiger charge is 2.07. The van der Waals surface area contributed by atoms with E-state index >= 15 is 0 Å². The minimum absolute atomic E-state index is 0.280. The summed E-state index contributed by atoms with van der Waals surface area (Å²) in [6.45, 7) is 1.08. The third-order valence-electron chi connectivity index (χ3n) is 2.87. The number of carbonyl (C=O) groups excluding carboxylic acids is 1. The topological polar surface area (TPSA) is 60.5 Å². The molecule has 0 unspecified atom stereocenters. The van der Waals surface area contributed by atoms with Gasteiger partial charge < -0.3 is 14.8 Å². The Morgan fingerprint density at radius 1 is 1.24 bits per heavy atom. The van der Waals surface area contributed by atoms with Gasteiger partial charge in [0.25, 0.3) is 0 Å². The van der Waals surface area contributed by atoms with E-state index in [0.29, 0.717) is 12.3 Å². The first-order chi connectivity index (χ1) is 10.2. The molecule has 5 nitrogen and oxygen atoms in total. The fourth-order valence-electron chi connectivity index (χ4n) is 1.88. The Labute approximate surface area is 123 Å². The first-order valence-electron chi connectivity index (χ1n) is 6.63. The van der Waals surface area contributed by atoms with Crippen LogP contribution in [0.5, 0.6) is 5.75 Å². The van der Waals surface area contributed by atoms with E-state index in [1.807, 2.05) is 37.4 Å². The molecule has 1 aromatic carbocycles. The van der Waals surface area contributed by atoms with Crippen LogP contribution in [0.25, 0.3) is 0 Å². The monoisotopic (exact) mass is 286 g/mol. The quantitative estimate of drug-likeness (QED) is 0.825. The van der Waals surface area contributed by atoms with Crippen molar-refractivity contribution in [2.45, 2.75) is 13.2 Å². The Morgan fingerprint density at radius 3 is 2.81 bits per heavy atom. The van der Waals surface area contributed by atoms with Gasteiger partial charge in [0.1, 0.15) is 18.1 Å². The average molecular weight is 286 g/mol. The van der Waals surface area contributed by atoms with Gasteiger partial charge in [0.15, 0.2) is 0 Å². The molecule has 1 N–H and O–H groups in total. The number of methoxy groups -OCH3 is 1. The molecular formula is C16H18N2O3. The lowest BCUT2D eigenvalue weighted by Gasteiger charge is -2.08. The van der Waals surface area contributed by atoms with Crippen LogP contribution in [0.1, 0.15) is 21.7 Å². The number of benzene rings is 1. The first-order valence-corrected chi connectivity index (χ1v) is 6.63. The van der Waals surface area contributed by atoms with Crippen molar-refractivity contribution < 1.29 is 14.3 Å². The molecule has 0 saturated heterocycles. The smallest absolute Gasteiger partial charge is 0.356 e. The Bertz CT molecular complexity index is 614. The lowest BCUT2D eigenvalue weighted by Crippen LogP contribution is -2.07. The van der Waals surface area contributed by atoms with Crippen LogP contribution in [0.4, 0.5) is 0 Å². The van der Waals surface area contributed by atoms with Crippen molar-refractivity contribution in [2.24, 2.45) is 0 Å². The van der Waals surface area contributed by atoms with Crippen LogP contribution in [-0.4, -0.2) is 25.1 Å². The van der Waals surface area contributed by atoms with Gasteiger partial charge in [-0.05, 0) is 36.9 Å². The highest BCUT2D eigenvalue weighted by molar-refractivity contribution is 5.87. The summed E-state index contributed by atoms with van der Waals surface area (Å²) in [5.41, 5.74) is 2.10. The fraction of sp³-hybridized carbons (Fsp3) is 0.250. The van der Waals surface area contributed by atoms with Crippen molar-refractivity contribution in [1.29, 1.82) is 0 Å². The lowest BCUT2D eigenvalue weighted by molar-refractivity contribution is 0.0593. The molecular weight excluding hydrogens is 268 g/mol. The van der Waals surface area contributed by atoms with Crippen molar-refractivity contribution in [3.63, 3.8) is 0 Å². The molecule has 1 aromatic heterocycles. The number of nitrogens with zero attached hydrogens (tertiary/aromatic N) is 1. The molecule has 1 heterocycles. The summed E-state index contributed by atoms with van der Waals surface area (Å²) < 4.78 is 10.4. The Morgan fingerprint density at radius 2 is 2.05 bits per heavy atom. The van der Waals surface area contributed by atoms with Crippen LogP contribution in [0.3, 0.4) is 0 Å². The van der Waals surface area contributed by atoms with Crippen molar-refractivity contribution in [1.82, 2.24) is 10.3 Å². The largest absolute Gasteiger partial charge is 0.487 e. The Hall–Kier alpha value is -2.40. The number of carbonyl (C=O) groups is 1. The van der Waals surface area contributed by atoms with Gasteiger partial charge in [-0.3, -0.25) is 0 Å². The van der Waals surface area contributed by atoms with Gasteiger partial charge in [0.05, 0.1) is 12.8 Å². The molecule has 5 heteroatoms. The Kier molecular flexibility index (Phi) is 5.29. The molecule has 0 spiro atoms. The number of rotatable bonds is 6. The van der Waals surface area contributed by atoms with Gasteiger partial charge in [0.2, 0.25) is 0 Å². The van der Waals surface area contributed by atoms with Crippen LogP contribution in [0.15, 0.2) is 42.5 Å². The van der Waals surface area contributed by atoms with Gasteiger partial charge in [0, 0.05) is 6.54 Å². The molecule has 110 valence electrons. The third kappa shape index (κ3) is 4.29. The first kappa shape index (κ1) is 15.0. The second-order valence-electron chi connectivity index (χ2n) is 4.47. The lowest BCUT2D eigenvalue weighted by atomic mass is 10.2. The molecule has 0 amide bonds. The predicted octanol–water partition coefficient (Wildman–Crippen LogP) is 2.17. The maximum atomic E-state index is 11.4. The number of hydrogen-bond donors (Lipinski definition) is 1. The summed E-state index contributed by atoms with van der Waals surface area (Å²) >= 11 is 0. The van der Waals surface area contributed by atoms with Crippen molar-refractivity contribution >= 4 is 5.97 Å².